The van der Waals surface area contributed by atoms with Crippen molar-refractivity contribution in [3.05, 3.63) is 28.4 Å². The van der Waals surface area contributed by atoms with Gasteiger partial charge in [0.05, 0.1) is 24.7 Å². The number of halogens is 1. The van der Waals surface area contributed by atoms with Crippen molar-refractivity contribution >= 4 is 32.8 Å². The van der Waals surface area contributed by atoms with Crippen molar-refractivity contribution in [3.8, 4) is 0 Å². The van der Waals surface area contributed by atoms with E-state index in [1.807, 2.05) is 25.0 Å². The van der Waals surface area contributed by atoms with Gasteiger partial charge in [-0.1, -0.05) is 15.9 Å². The standard InChI is InChI=1S/C13H16BrN3O2/c1-16(2)4-5-17-8-10-11(14)6-9(13(18)19-3)7-12(10)15-17/h6-8H,4-5H2,1-3H3. The Morgan fingerprint density at radius 3 is 2.84 bits per heavy atom. The smallest absolute Gasteiger partial charge is 0.337 e. The number of methoxy groups -OCH3 is 1. The number of hydrogen-bond acceptors (Lipinski definition) is 4. The summed E-state index contributed by atoms with van der Waals surface area (Å²) in [6, 6.07) is 3.50. The fourth-order valence-corrected chi connectivity index (χ4v) is 2.33. The van der Waals surface area contributed by atoms with Crippen LogP contribution in [0.25, 0.3) is 10.9 Å². The summed E-state index contributed by atoms with van der Waals surface area (Å²) in [5.74, 6) is -0.356. The molecule has 0 spiro atoms. The molecule has 1 aromatic heterocycles. The van der Waals surface area contributed by atoms with Crippen molar-refractivity contribution in [1.82, 2.24) is 14.7 Å². The van der Waals surface area contributed by atoms with Crippen LogP contribution in [0.3, 0.4) is 0 Å². The number of rotatable bonds is 4. The lowest BCUT2D eigenvalue weighted by Crippen LogP contribution is -2.18. The first-order chi connectivity index (χ1) is 9.01. The van der Waals surface area contributed by atoms with Crippen LogP contribution in [0, 0.1) is 0 Å². The molecule has 1 heterocycles. The van der Waals surface area contributed by atoms with Crippen LogP contribution < -0.4 is 0 Å². The summed E-state index contributed by atoms with van der Waals surface area (Å²) >= 11 is 3.47. The third-order valence-electron chi connectivity index (χ3n) is 2.82. The number of benzene rings is 1. The molecule has 2 rings (SSSR count). The highest BCUT2D eigenvalue weighted by Gasteiger charge is 2.12. The van der Waals surface area contributed by atoms with E-state index in [4.69, 9.17) is 4.74 Å². The maximum Gasteiger partial charge on any atom is 0.337 e. The number of ether oxygens (including phenoxy) is 1. The van der Waals surface area contributed by atoms with Gasteiger partial charge in [-0.05, 0) is 26.2 Å². The highest BCUT2D eigenvalue weighted by molar-refractivity contribution is 9.10. The topological polar surface area (TPSA) is 47.4 Å². The number of aromatic nitrogens is 2. The molecular weight excluding hydrogens is 310 g/mol. The predicted octanol–water partition coefficient (Wildman–Crippen LogP) is 2.15. The van der Waals surface area contributed by atoms with Gasteiger partial charge in [-0.2, -0.15) is 5.10 Å². The van der Waals surface area contributed by atoms with Crippen LogP contribution in [0.15, 0.2) is 22.8 Å². The molecule has 5 nitrogen and oxygen atoms in total. The van der Waals surface area contributed by atoms with Crippen LogP contribution in [0.1, 0.15) is 10.4 Å². The second kappa shape index (κ2) is 5.71. The Bertz CT molecular complexity index is 607. The summed E-state index contributed by atoms with van der Waals surface area (Å²) in [4.78, 5) is 13.6. The minimum atomic E-state index is -0.356. The van der Waals surface area contributed by atoms with Gasteiger partial charge in [0.1, 0.15) is 0 Å². The molecule has 0 aliphatic carbocycles. The van der Waals surface area contributed by atoms with Gasteiger partial charge in [0.15, 0.2) is 0 Å². The quantitative estimate of drug-likeness (QED) is 0.808. The first-order valence-electron chi connectivity index (χ1n) is 5.91. The van der Waals surface area contributed by atoms with E-state index in [1.54, 1.807) is 12.1 Å². The Morgan fingerprint density at radius 2 is 2.21 bits per heavy atom. The maximum atomic E-state index is 11.5. The number of carbonyl (C=O) groups excluding carboxylic acids is 1. The van der Waals surface area contributed by atoms with Gasteiger partial charge < -0.3 is 9.64 Å². The molecule has 0 atom stereocenters. The van der Waals surface area contributed by atoms with E-state index < -0.39 is 0 Å². The summed E-state index contributed by atoms with van der Waals surface area (Å²) in [6.07, 6.45) is 1.98. The SMILES string of the molecule is COC(=O)c1cc(Br)c2cn(CCN(C)C)nc2c1. The van der Waals surface area contributed by atoms with E-state index in [-0.39, 0.29) is 5.97 Å². The summed E-state index contributed by atoms with van der Waals surface area (Å²) in [5, 5.41) is 5.47. The van der Waals surface area contributed by atoms with Crippen LogP contribution in [-0.4, -0.2) is 48.4 Å². The van der Waals surface area contributed by atoms with Crippen LogP contribution in [-0.2, 0) is 11.3 Å². The molecule has 0 amide bonds. The number of carbonyl (C=O) groups is 1. The van der Waals surface area contributed by atoms with Crippen molar-refractivity contribution in [1.29, 1.82) is 0 Å². The second-order valence-corrected chi connectivity index (χ2v) is 5.43. The average Bonchev–Trinajstić information content (AvgIpc) is 2.79. The van der Waals surface area contributed by atoms with Crippen molar-refractivity contribution in [2.45, 2.75) is 6.54 Å². The summed E-state index contributed by atoms with van der Waals surface area (Å²) in [6.45, 7) is 1.72. The fraction of sp³-hybridized carbons (Fsp3) is 0.385. The molecule has 0 saturated carbocycles. The van der Waals surface area contributed by atoms with E-state index in [0.717, 1.165) is 28.5 Å². The molecule has 0 bridgehead atoms. The van der Waals surface area contributed by atoms with Gasteiger partial charge in [-0.15, -0.1) is 0 Å². The molecular formula is C13H16BrN3O2. The summed E-state index contributed by atoms with van der Waals surface area (Å²) < 4.78 is 7.46. The van der Waals surface area contributed by atoms with E-state index >= 15 is 0 Å². The largest absolute Gasteiger partial charge is 0.465 e. The van der Waals surface area contributed by atoms with Crippen molar-refractivity contribution in [2.75, 3.05) is 27.7 Å². The molecule has 0 aliphatic heterocycles. The van der Waals surface area contributed by atoms with Gasteiger partial charge >= 0.3 is 5.97 Å². The number of likely N-dealkylation sites (N-methyl/N-ethyl adjacent to an activating group) is 1. The van der Waals surface area contributed by atoms with E-state index in [2.05, 4.69) is 25.9 Å². The number of fused-ring (bicyclic) bond motifs is 1. The Kier molecular flexibility index (Phi) is 4.21. The molecule has 0 N–H and O–H groups in total. The molecule has 19 heavy (non-hydrogen) atoms. The molecule has 1 aromatic carbocycles. The van der Waals surface area contributed by atoms with E-state index in [9.17, 15) is 4.79 Å². The van der Waals surface area contributed by atoms with Gasteiger partial charge in [0.25, 0.3) is 0 Å². The van der Waals surface area contributed by atoms with E-state index in [0.29, 0.717) is 5.56 Å². The number of nitrogens with zero attached hydrogens (tertiary/aromatic N) is 3. The minimum absolute atomic E-state index is 0.356. The summed E-state index contributed by atoms with van der Waals surface area (Å²) in [5.41, 5.74) is 1.29. The van der Waals surface area contributed by atoms with Crippen molar-refractivity contribution in [3.63, 3.8) is 0 Å². The average molecular weight is 326 g/mol. The molecule has 0 aliphatic rings. The zero-order valence-corrected chi connectivity index (χ0v) is 12.8. The Hall–Kier alpha value is -1.40. The Balaban J connectivity index is 2.36. The highest BCUT2D eigenvalue weighted by atomic mass is 79.9. The number of esters is 1. The molecule has 0 fully saturated rings. The summed E-state index contributed by atoms with van der Waals surface area (Å²) in [7, 11) is 5.42. The minimum Gasteiger partial charge on any atom is -0.465 e. The van der Waals surface area contributed by atoms with Crippen LogP contribution in [0.5, 0.6) is 0 Å². The highest BCUT2D eigenvalue weighted by Crippen LogP contribution is 2.25. The third kappa shape index (κ3) is 3.13. The van der Waals surface area contributed by atoms with Crippen LogP contribution >= 0.6 is 15.9 Å². The molecule has 102 valence electrons. The lowest BCUT2D eigenvalue weighted by molar-refractivity contribution is 0.0601. The predicted molar refractivity (Wildman–Crippen MR) is 77.3 cm³/mol. The lowest BCUT2D eigenvalue weighted by Gasteiger charge is -2.08. The van der Waals surface area contributed by atoms with Crippen molar-refractivity contribution in [2.24, 2.45) is 0 Å². The van der Waals surface area contributed by atoms with Gasteiger partial charge in [-0.3, -0.25) is 4.68 Å². The number of hydrogen-bond donors (Lipinski definition) is 0. The van der Waals surface area contributed by atoms with Gasteiger partial charge in [-0.25, -0.2) is 4.79 Å². The lowest BCUT2D eigenvalue weighted by atomic mass is 10.2. The second-order valence-electron chi connectivity index (χ2n) is 4.58. The van der Waals surface area contributed by atoms with Gasteiger partial charge in [0.2, 0.25) is 0 Å². The van der Waals surface area contributed by atoms with Gasteiger partial charge in [0, 0.05) is 22.6 Å². The molecule has 0 radical (unpaired) electrons. The first-order valence-corrected chi connectivity index (χ1v) is 6.70. The molecule has 6 heteroatoms. The first kappa shape index (κ1) is 14.0. The van der Waals surface area contributed by atoms with Crippen LogP contribution in [0.4, 0.5) is 0 Å². The monoisotopic (exact) mass is 325 g/mol. The zero-order chi connectivity index (χ0) is 14.0. The maximum absolute atomic E-state index is 11.5. The third-order valence-corrected chi connectivity index (χ3v) is 3.48. The van der Waals surface area contributed by atoms with Crippen LogP contribution in [0.2, 0.25) is 0 Å². The zero-order valence-electron chi connectivity index (χ0n) is 11.2. The Labute approximate surface area is 120 Å². The fourth-order valence-electron chi connectivity index (χ4n) is 1.78. The normalized spacial score (nSPS) is 11.2. The van der Waals surface area contributed by atoms with E-state index in [1.165, 1.54) is 7.11 Å². The molecule has 0 saturated heterocycles. The Morgan fingerprint density at radius 1 is 1.47 bits per heavy atom. The molecule has 0 unspecified atom stereocenters. The van der Waals surface area contributed by atoms with Crippen molar-refractivity contribution < 1.29 is 9.53 Å². The molecule has 2 aromatic rings.